The van der Waals surface area contributed by atoms with Crippen LogP contribution >= 0.6 is 15.9 Å². The van der Waals surface area contributed by atoms with Gasteiger partial charge in [0.1, 0.15) is 5.75 Å². The van der Waals surface area contributed by atoms with Crippen LogP contribution < -0.4 is 10.1 Å². The van der Waals surface area contributed by atoms with Crippen LogP contribution in [0.2, 0.25) is 0 Å². The summed E-state index contributed by atoms with van der Waals surface area (Å²) in [5, 5.41) is 3.38. The molecule has 2 fully saturated rings. The van der Waals surface area contributed by atoms with Crippen molar-refractivity contribution in [3.05, 3.63) is 64.1 Å². The molecule has 0 radical (unpaired) electrons. The predicted octanol–water partition coefficient (Wildman–Crippen LogP) is 4.66. The number of hydrogen-bond acceptors (Lipinski definition) is 3. The summed E-state index contributed by atoms with van der Waals surface area (Å²) in [7, 11) is 1.70. The van der Waals surface area contributed by atoms with Crippen molar-refractivity contribution in [1.82, 2.24) is 10.2 Å². The number of ether oxygens (including phenoxy) is 1. The SMILES string of the molecule is COc1cccc(CN2CCC(NC(=O)C3(c4ccc(Br)cc4)CCC3)CC2)c1. The molecule has 1 aliphatic heterocycles. The van der Waals surface area contributed by atoms with E-state index in [2.05, 4.69) is 50.4 Å². The smallest absolute Gasteiger partial charge is 0.230 e. The molecule has 0 unspecified atom stereocenters. The third kappa shape index (κ3) is 4.51. The minimum absolute atomic E-state index is 0.220. The zero-order valence-electron chi connectivity index (χ0n) is 17.0. The van der Waals surface area contributed by atoms with Gasteiger partial charge in [-0.05, 0) is 61.1 Å². The maximum absolute atomic E-state index is 13.2. The summed E-state index contributed by atoms with van der Waals surface area (Å²) in [6, 6.07) is 16.8. The lowest BCUT2D eigenvalue weighted by atomic mass is 9.63. The van der Waals surface area contributed by atoms with E-state index in [4.69, 9.17) is 4.74 Å². The van der Waals surface area contributed by atoms with Crippen molar-refractivity contribution < 1.29 is 9.53 Å². The van der Waals surface area contributed by atoms with E-state index in [0.29, 0.717) is 0 Å². The van der Waals surface area contributed by atoms with Gasteiger partial charge in [0.2, 0.25) is 5.91 Å². The van der Waals surface area contributed by atoms with Crippen LogP contribution in [0.4, 0.5) is 0 Å². The number of carbonyl (C=O) groups excluding carboxylic acids is 1. The molecule has 0 bridgehead atoms. The maximum Gasteiger partial charge on any atom is 0.230 e. The Morgan fingerprint density at radius 2 is 1.90 bits per heavy atom. The number of amides is 1. The number of piperidine rings is 1. The number of benzene rings is 2. The van der Waals surface area contributed by atoms with Gasteiger partial charge >= 0.3 is 0 Å². The van der Waals surface area contributed by atoms with Crippen LogP contribution in [-0.2, 0) is 16.8 Å². The van der Waals surface area contributed by atoms with Gasteiger partial charge in [0.15, 0.2) is 0 Å². The van der Waals surface area contributed by atoms with Crippen LogP contribution in [0.1, 0.15) is 43.2 Å². The molecular formula is C24H29BrN2O2. The first-order valence-corrected chi connectivity index (χ1v) is 11.3. The summed E-state index contributed by atoms with van der Waals surface area (Å²) in [5.74, 6) is 1.13. The summed E-state index contributed by atoms with van der Waals surface area (Å²) in [5.41, 5.74) is 2.11. The molecule has 1 saturated heterocycles. The van der Waals surface area contributed by atoms with Gasteiger partial charge in [-0.25, -0.2) is 0 Å². The van der Waals surface area contributed by atoms with E-state index in [1.54, 1.807) is 7.11 Å². The Hall–Kier alpha value is -1.85. The molecule has 4 nitrogen and oxygen atoms in total. The van der Waals surface area contributed by atoms with Crippen LogP contribution in [0, 0.1) is 0 Å². The van der Waals surface area contributed by atoms with Gasteiger partial charge in [-0.2, -0.15) is 0 Å². The van der Waals surface area contributed by atoms with Crippen LogP contribution in [0.25, 0.3) is 0 Å². The molecule has 5 heteroatoms. The van der Waals surface area contributed by atoms with Gasteiger partial charge in [-0.15, -0.1) is 0 Å². The van der Waals surface area contributed by atoms with E-state index in [1.165, 1.54) is 5.56 Å². The Labute approximate surface area is 181 Å². The molecule has 1 aliphatic carbocycles. The van der Waals surface area contributed by atoms with Crippen molar-refractivity contribution in [2.24, 2.45) is 0 Å². The first kappa shape index (κ1) is 20.4. The molecule has 0 spiro atoms. The lowest BCUT2D eigenvalue weighted by molar-refractivity contribution is -0.131. The second-order valence-corrected chi connectivity index (χ2v) is 9.23. The fourth-order valence-corrected chi connectivity index (χ4v) is 4.80. The molecule has 1 amide bonds. The number of methoxy groups -OCH3 is 1. The van der Waals surface area contributed by atoms with Crippen LogP contribution in [0.15, 0.2) is 53.0 Å². The number of nitrogens with zero attached hydrogens (tertiary/aromatic N) is 1. The van der Waals surface area contributed by atoms with Crippen molar-refractivity contribution in [3.63, 3.8) is 0 Å². The lowest BCUT2D eigenvalue weighted by Gasteiger charge is -2.42. The largest absolute Gasteiger partial charge is 0.497 e. The second kappa shape index (κ2) is 8.88. The van der Waals surface area contributed by atoms with E-state index in [1.807, 2.05) is 24.3 Å². The third-order valence-electron chi connectivity index (χ3n) is 6.50. The molecule has 2 aromatic carbocycles. The standard InChI is InChI=1S/C24H29BrN2O2/c1-29-22-5-2-4-18(16-22)17-27-14-10-21(11-15-27)26-23(28)24(12-3-13-24)19-6-8-20(25)9-7-19/h2,4-9,16,21H,3,10-15,17H2,1H3,(H,26,28). The van der Waals surface area contributed by atoms with Gasteiger partial charge in [-0.1, -0.05) is 46.6 Å². The molecule has 0 aromatic heterocycles. The van der Waals surface area contributed by atoms with E-state index in [9.17, 15) is 4.79 Å². The van der Waals surface area contributed by atoms with Crippen molar-refractivity contribution in [2.75, 3.05) is 20.2 Å². The molecule has 1 heterocycles. The average Bonchev–Trinajstić information content (AvgIpc) is 2.70. The van der Waals surface area contributed by atoms with Crippen molar-refractivity contribution in [3.8, 4) is 5.75 Å². The number of halogens is 1. The van der Waals surface area contributed by atoms with Gasteiger partial charge in [0, 0.05) is 30.1 Å². The maximum atomic E-state index is 13.2. The quantitative estimate of drug-likeness (QED) is 0.686. The fourth-order valence-electron chi connectivity index (χ4n) is 4.53. The van der Waals surface area contributed by atoms with Crippen molar-refractivity contribution in [1.29, 1.82) is 0 Å². The van der Waals surface area contributed by atoms with Crippen LogP contribution in [0.5, 0.6) is 5.75 Å². The van der Waals surface area contributed by atoms with Gasteiger partial charge in [0.25, 0.3) is 0 Å². The molecule has 2 aromatic rings. The first-order chi connectivity index (χ1) is 14.1. The van der Waals surface area contributed by atoms with Crippen LogP contribution in [-0.4, -0.2) is 37.0 Å². The molecule has 1 N–H and O–H groups in total. The highest BCUT2D eigenvalue weighted by Crippen LogP contribution is 2.44. The van der Waals surface area contributed by atoms with Gasteiger partial charge in [-0.3, -0.25) is 9.69 Å². The third-order valence-corrected chi connectivity index (χ3v) is 7.03. The normalized spacial score (nSPS) is 19.4. The van der Waals surface area contributed by atoms with Crippen molar-refractivity contribution in [2.45, 2.75) is 50.1 Å². The molecular weight excluding hydrogens is 428 g/mol. The molecule has 29 heavy (non-hydrogen) atoms. The first-order valence-electron chi connectivity index (χ1n) is 10.5. The Morgan fingerprint density at radius 1 is 1.17 bits per heavy atom. The Kier molecular flexibility index (Phi) is 6.26. The molecule has 0 atom stereocenters. The van der Waals surface area contributed by atoms with E-state index < -0.39 is 0 Å². The number of carbonyl (C=O) groups is 1. The van der Waals surface area contributed by atoms with Crippen LogP contribution in [0.3, 0.4) is 0 Å². The van der Waals surface area contributed by atoms with E-state index >= 15 is 0 Å². The number of hydrogen-bond donors (Lipinski definition) is 1. The van der Waals surface area contributed by atoms with E-state index in [0.717, 1.165) is 67.5 Å². The summed E-state index contributed by atoms with van der Waals surface area (Å²) in [4.78, 5) is 15.7. The molecule has 4 rings (SSSR count). The fraction of sp³-hybridized carbons (Fsp3) is 0.458. The highest BCUT2D eigenvalue weighted by molar-refractivity contribution is 9.10. The Bertz CT molecular complexity index is 840. The zero-order valence-corrected chi connectivity index (χ0v) is 18.6. The summed E-state index contributed by atoms with van der Waals surface area (Å²) in [6.07, 6.45) is 5.05. The molecule has 2 aliphatic rings. The Balaban J connectivity index is 1.32. The Morgan fingerprint density at radius 3 is 2.52 bits per heavy atom. The molecule has 154 valence electrons. The predicted molar refractivity (Wildman–Crippen MR) is 119 cm³/mol. The number of likely N-dealkylation sites (tertiary alicyclic amines) is 1. The highest BCUT2D eigenvalue weighted by Gasteiger charge is 2.46. The lowest BCUT2D eigenvalue weighted by Crippen LogP contribution is -2.54. The second-order valence-electron chi connectivity index (χ2n) is 8.32. The van der Waals surface area contributed by atoms with Crippen molar-refractivity contribution >= 4 is 21.8 Å². The minimum atomic E-state index is -0.321. The monoisotopic (exact) mass is 456 g/mol. The summed E-state index contributed by atoms with van der Waals surface area (Å²) < 4.78 is 6.38. The average molecular weight is 457 g/mol. The summed E-state index contributed by atoms with van der Waals surface area (Å²) >= 11 is 3.49. The van der Waals surface area contributed by atoms with E-state index in [-0.39, 0.29) is 17.4 Å². The molecule has 1 saturated carbocycles. The topological polar surface area (TPSA) is 41.6 Å². The number of nitrogens with one attached hydrogen (secondary N) is 1. The van der Waals surface area contributed by atoms with Gasteiger partial charge < -0.3 is 10.1 Å². The zero-order chi connectivity index (χ0) is 20.3. The minimum Gasteiger partial charge on any atom is -0.497 e. The number of rotatable bonds is 6. The van der Waals surface area contributed by atoms with Gasteiger partial charge in [0.05, 0.1) is 12.5 Å². The highest BCUT2D eigenvalue weighted by atomic mass is 79.9. The summed E-state index contributed by atoms with van der Waals surface area (Å²) in [6.45, 7) is 2.95.